The van der Waals surface area contributed by atoms with Crippen LogP contribution in [0.4, 0.5) is 0 Å². The number of rotatable bonds is 4. The van der Waals surface area contributed by atoms with Crippen molar-refractivity contribution in [1.82, 2.24) is 15.3 Å². The summed E-state index contributed by atoms with van der Waals surface area (Å²) in [4.78, 5) is 8.10. The van der Waals surface area contributed by atoms with Crippen molar-refractivity contribution < 1.29 is 4.74 Å². The molecule has 1 heterocycles. The summed E-state index contributed by atoms with van der Waals surface area (Å²) in [6.45, 7) is 2.62. The van der Waals surface area contributed by atoms with E-state index < -0.39 is 0 Å². The normalized spacial score (nSPS) is 10.4. The van der Waals surface area contributed by atoms with Crippen LogP contribution in [0.5, 0.6) is 11.6 Å². The number of hydrogen-bond acceptors (Lipinski definition) is 4. The molecule has 0 atom stereocenters. The van der Waals surface area contributed by atoms with Gasteiger partial charge >= 0.3 is 0 Å². The van der Waals surface area contributed by atoms with E-state index in [-0.39, 0.29) is 0 Å². The highest BCUT2D eigenvalue weighted by molar-refractivity contribution is 6.32. The summed E-state index contributed by atoms with van der Waals surface area (Å²) in [5.74, 6) is 1.11. The van der Waals surface area contributed by atoms with Crippen LogP contribution in [-0.2, 0) is 6.54 Å². The molecule has 0 aliphatic heterocycles. The van der Waals surface area contributed by atoms with Crippen molar-refractivity contribution in [2.75, 3.05) is 7.05 Å². The molecule has 2 rings (SSSR count). The van der Waals surface area contributed by atoms with Crippen molar-refractivity contribution in [2.24, 2.45) is 0 Å². The minimum absolute atomic E-state index is 0.519. The fraction of sp³-hybridized carbons (Fsp3) is 0.231. The largest absolute Gasteiger partial charge is 0.437 e. The zero-order valence-corrected chi connectivity index (χ0v) is 11.0. The van der Waals surface area contributed by atoms with Crippen molar-refractivity contribution in [1.29, 1.82) is 0 Å². The van der Waals surface area contributed by atoms with Gasteiger partial charge in [-0.3, -0.25) is 0 Å². The quantitative estimate of drug-likeness (QED) is 0.921. The van der Waals surface area contributed by atoms with Crippen molar-refractivity contribution in [3.63, 3.8) is 0 Å². The van der Waals surface area contributed by atoms with Gasteiger partial charge in [-0.15, -0.1) is 0 Å². The predicted octanol–water partition coefficient (Wildman–Crippen LogP) is 2.95. The fourth-order valence-electron chi connectivity index (χ4n) is 1.54. The summed E-state index contributed by atoms with van der Waals surface area (Å²) in [6, 6.07) is 5.64. The summed E-state index contributed by atoms with van der Waals surface area (Å²) in [7, 11) is 1.86. The number of halogens is 1. The first-order valence-electron chi connectivity index (χ1n) is 5.58. The van der Waals surface area contributed by atoms with E-state index in [1.165, 1.54) is 6.33 Å². The Labute approximate surface area is 111 Å². The van der Waals surface area contributed by atoms with Gasteiger partial charge in [-0.2, -0.15) is 0 Å². The second-order valence-corrected chi connectivity index (χ2v) is 4.33. The molecule has 0 spiro atoms. The first-order chi connectivity index (χ1) is 8.70. The maximum absolute atomic E-state index is 6.12. The van der Waals surface area contributed by atoms with E-state index in [1.54, 1.807) is 6.20 Å². The molecular weight excluding hydrogens is 250 g/mol. The number of aryl methyl sites for hydroxylation is 1. The average Bonchev–Trinajstić information content (AvgIpc) is 2.35. The first kappa shape index (κ1) is 12.8. The Morgan fingerprint density at radius 3 is 2.94 bits per heavy atom. The molecule has 0 radical (unpaired) electrons. The molecule has 94 valence electrons. The van der Waals surface area contributed by atoms with Gasteiger partial charge in [-0.25, -0.2) is 9.97 Å². The van der Waals surface area contributed by atoms with Gasteiger partial charge in [0.25, 0.3) is 0 Å². The van der Waals surface area contributed by atoms with Crippen LogP contribution < -0.4 is 10.1 Å². The fourth-order valence-corrected chi connectivity index (χ4v) is 1.82. The zero-order chi connectivity index (χ0) is 13.0. The molecule has 0 saturated carbocycles. The van der Waals surface area contributed by atoms with Gasteiger partial charge in [0.15, 0.2) is 0 Å². The van der Waals surface area contributed by atoms with Gasteiger partial charge < -0.3 is 10.1 Å². The predicted molar refractivity (Wildman–Crippen MR) is 71.1 cm³/mol. The molecule has 1 aromatic carbocycles. The summed E-state index contributed by atoms with van der Waals surface area (Å²) >= 11 is 6.12. The summed E-state index contributed by atoms with van der Waals surface area (Å²) in [5.41, 5.74) is 1.97. The minimum atomic E-state index is 0.519. The van der Waals surface area contributed by atoms with Crippen LogP contribution in [0.25, 0.3) is 0 Å². The molecule has 18 heavy (non-hydrogen) atoms. The smallest absolute Gasteiger partial charge is 0.226 e. The molecule has 0 aliphatic carbocycles. The lowest BCUT2D eigenvalue weighted by atomic mass is 10.2. The van der Waals surface area contributed by atoms with Gasteiger partial charge in [0.05, 0.1) is 5.02 Å². The first-order valence-corrected chi connectivity index (χ1v) is 5.96. The lowest BCUT2D eigenvalue weighted by Crippen LogP contribution is -2.07. The van der Waals surface area contributed by atoms with E-state index in [0.717, 1.165) is 11.1 Å². The van der Waals surface area contributed by atoms with Crippen molar-refractivity contribution in [2.45, 2.75) is 13.5 Å². The van der Waals surface area contributed by atoms with Gasteiger partial charge in [0.2, 0.25) is 5.88 Å². The molecule has 0 bridgehead atoms. The second kappa shape index (κ2) is 5.80. The lowest BCUT2D eigenvalue weighted by molar-refractivity contribution is 0.452. The highest BCUT2D eigenvalue weighted by Crippen LogP contribution is 2.30. The molecule has 1 N–H and O–H groups in total. The van der Waals surface area contributed by atoms with E-state index in [2.05, 4.69) is 15.3 Å². The molecule has 4 nitrogen and oxygen atoms in total. The third-order valence-corrected chi connectivity index (χ3v) is 2.70. The van der Waals surface area contributed by atoms with E-state index in [4.69, 9.17) is 16.3 Å². The summed E-state index contributed by atoms with van der Waals surface area (Å²) < 4.78 is 5.72. The zero-order valence-electron chi connectivity index (χ0n) is 10.3. The van der Waals surface area contributed by atoms with Gasteiger partial charge in [0.1, 0.15) is 12.1 Å². The minimum Gasteiger partial charge on any atom is -0.437 e. The molecule has 2 aromatic rings. The molecule has 0 unspecified atom stereocenters. The summed E-state index contributed by atoms with van der Waals surface area (Å²) in [5, 5.41) is 3.61. The van der Waals surface area contributed by atoms with E-state index in [9.17, 15) is 0 Å². The molecule has 0 amide bonds. The molecule has 5 heteroatoms. The van der Waals surface area contributed by atoms with Gasteiger partial charge in [-0.05, 0) is 31.7 Å². The number of aromatic nitrogens is 2. The number of benzene rings is 1. The number of nitrogens with zero attached hydrogens (tertiary/aromatic N) is 2. The van der Waals surface area contributed by atoms with E-state index in [1.807, 2.05) is 32.2 Å². The van der Waals surface area contributed by atoms with Crippen LogP contribution in [0, 0.1) is 6.92 Å². The van der Waals surface area contributed by atoms with Crippen LogP contribution in [0.15, 0.2) is 30.7 Å². The van der Waals surface area contributed by atoms with Crippen LogP contribution in [0.3, 0.4) is 0 Å². The van der Waals surface area contributed by atoms with Crippen molar-refractivity contribution >= 4 is 11.6 Å². The Kier molecular flexibility index (Phi) is 4.12. The highest BCUT2D eigenvalue weighted by atomic mass is 35.5. The standard InChI is InChI=1S/C13H14ClN3O/c1-9-3-4-12(11(14)5-9)18-13-10(6-15-2)7-16-8-17-13/h3-5,7-8,15H,6H2,1-2H3. The number of hydrogen-bond donors (Lipinski definition) is 1. The van der Waals surface area contributed by atoms with Crippen LogP contribution in [0.2, 0.25) is 5.02 Å². The Morgan fingerprint density at radius 1 is 1.39 bits per heavy atom. The Morgan fingerprint density at radius 2 is 2.22 bits per heavy atom. The Hall–Kier alpha value is -1.65. The monoisotopic (exact) mass is 263 g/mol. The molecule has 1 aromatic heterocycles. The van der Waals surface area contributed by atoms with Gasteiger partial charge in [-0.1, -0.05) is 17.7 Å². The average molecular weight is 264 g/mol. The Bertz CT molecular complexity index is 546. The summed E-state index contributed by atoms with van der Waals surface area (Å²) in [6.07, 6.45) is 3.18. The third kappa shape index (κ3) is 2.97. The molecule has 0 fully saturated rings. The second-order valence-electron chi connectivity index (χ2n) is 3.92. The van der Waals surface area contributed by atoms with Crippen molar-refractivity contribution in [3.8, 4) is 11.6 Å². The molecular formula is C13H14ClN3O. The van der Waals surface area contributed by atoms with E-state index >= 15 is 0 Å². The van der Waals surface area contributed by atoms with Crippen LogP contribution in [0.1, 0.15) is 11.1 Å². The van der Waals surface area contributed by atoms with Crippen LogP contribution >= 0.6 is 11.6 Å². The SMILES string of the molecule is CNCc1cncnc1Oc1ccc(C)cc1Cl. The third-order valence-electron chi connectivity index (χ3n) is 2.41. The topological polar surface area (TPSA) is 47.0 Å². The van der Waals surface area contributed by atoms with E-state index in [0.29, 0.717) is 23.2 Å². The maximum atomic E-state index is 6.12. The maximum Gasteiger partial charge on any atom is 0.226 e. The number of nitrogens with one attached hydrogen (secondary N) is 1. The molecule has 0 saturated heterocycles. The van der Waals surface area contributed by atoms with Crippen LogP contribution in [-0.4, -0.2) is 17.0 Å². The van der Waals surface area contributed by atoms with Crippen molar-refractivity contribution in [3.05, 3.63) is 46.9 Å². The number of ether oxygens (including phenoxy) is 1. The Balaban J connectivity index is 2.28. The van der Waals surface area contributed by atoms with Gasteiger partial charge in [0, 0.05) is 18.3 Å². The highest BCUT2D eigenvalue weighted by Gasteiger charge is 2.08. The molecule has 0 aliphatic rings. The lowest BCUT2D eigenvalue weighted by Gasteiger charge is -2.10.